The number of nitrogens with one attached hydrogen (secondary N) is 2. The molecule has 0 radical (unpaired) electrons. The minimum atomic E-state index is -0.722. The average Bonchev–Trinajstić information content (AvgIpc) is 3.16. The Hall–Kier alpha value is -3.26. The van der Waals surface area contributed by atoms with E-state index in [1.165, 1.54) is 11.3 Å². The molecule has 0 bridgehead atoms. The van der Waals surface area contributed by atoms with Crippen LogP contribution in [0.2, 0.25) is 0 Å². The highest BCUT2D eigenvalue weighted by Gasteiger charge is 2.19. The molecule has 0 aliphatic heterocycles. The van der Waals surface area contributed by atoms with E-state index in [1.54, 1.807) is 26.2 Å². The van der Waals surface area contributed by atoms with Crippen LogP contribution in [0.4, 0.5) is 5.13 Å². The molecule has 7 nitrogen and oxygen atoms in total. The van der Waals surface area contributed by atoms with E-state index in [-0.39, 0.29) is 11.8 Å². The van der Waals surface area contributed by atoms with E-state index < -0.39 is 6.04 Å². The fraction of sp³-hybridized carbons (Fsp3) is 0.200. The third kappa shape index (κ3) is 4.52. The Morgan fingerprint density at radius 3 is 2.46 bits per heavy atom. The number of hydrogen-bond acceptors (Lipinski definition) is 6. The Kier molecular flexibility index (Phi) is 6.00. The molecule has 0 spiro atoms. The summed E-state index contributed by atoms with van der Waals surface area (Å²) >= 11 is 1.26. The number of carbonyl (C=O) groups is 2. The minimum absolute atomic E-state index is 0.295. The first-order valence-corrected chi connectivity index (χ1v) is 9.45. The fourth-order valence-electron chi connectivity index (χ4n) is 2.51. The topological polar surface area (TPSA) is 93.2 Å². The molecule has 0 aliphatic rings. The van der Waals surface area contributed by atoms with Gasteiger partial charge in [0.25, 0.3) is 5.91 Å². The molecule has 3 rings (SSSR count). The highest BCUT2D eigenvalue weighted by Crippen LogP contribution is 2.27. The molecule has 0 saturated heterocycles. The first kappa shape index (κ1) is 19.5. The van der Waals surface area contributed by atoms with Crippen LogP contribution in [0.25, 0.3) is 10.6 Å². The molecule has 8 heteroatoms. The first-order chi connectivity index (χ1) is 13.5. The Morgan fingerprint density at radius 1 is 1.07 bits per heavy atom. The zero-order valence-corrected chi connectivity index (χ0v) is 16.5. The van der Waals surface area contributed by atoms with E-state index in [9.17, 15) is 9.59 Å². The van der Waals surface area contributed by atoms with E-state index in [4.69, 9.17) is 4.74 Å². The molecule has 3 aromatic rings. The maximum absolute atomic E-state index is 12.4. The SMILES string of the molecule is COc1ccc(-c2nnc(NC(=O)[C@H](C)NC(=O)c3ccccc3C)s2)cc1. The molecule has 0 saturated carbocycles. The van der Waals surface area contributed by atoms with Crippen molar-refractivity contribution in [2.45, 2.75) is 19.9 Å². The monoisotopic (exact) mass is 396 g/mol. The predicted octanol–water partition coefficient (Wildman–Crippen LogP) is 3.28. The summed E-state index contributed by atoms with van der Waals surface area (Å²) in [5.74, 6) is 0.0938. The van der Waals surface area contributed by atoms with Crippen LogP contribution < -0.4 is 15.4 Å². The third-order valence-electron chi connectivity index (χ3n) is 4.12. The standard InChI is InChI=1S/C20H20N4O3S/c1-12-6-4-5-7-16(12)18(26)21-13(2)17(25)22-20-24-23-19(28-20)14-8-10-15(27-3)11-9-14/h4-11,13H,1-3H3,(H,21,26)(H,22,24,25)/t13-/m0/s1. The molecule has 1 atom stereocenters. The maximum atomic E-state index is 12.4. The summed E-state index contributed by atoms with van der Waals surface area (Å²) in [6, 6.07) is 13.9. The number of anilines is 1. The molecule has 1 heterocycles. The van der Waals surface area contributed by atoms with Crippen molar-refractivity contribution in [3.63, 3.8) is 0 Å². The number of nitrogens with zero attached hydrogens (tertiary/aromatic N) is 2. The number of rotatable bonds is 6. The lowest BCUT2D eigenvalue weighted by atomic mass is 10.1. The van der Waals surface area contributed by atoms with Crippen molar-refractivity contribution in [3.8, 4) is 16.3 Å². The van der Waals surface area contributed by atoms with E-state index >= 15 is 0 Å². The molecule has 1 aromatic heterocycles. The smallest absolute Gasteiger partial charge is 0.252 e. The van der Waals surface area contributed by atoms with Crippen molar-refractivity contribution in [3.05, 3.63) is 59.7 Å². The number of aryl methyl sites for hydroxylation is 1. The molecule has 2 amide bonds. The van der Waals surface area contributed by atoms with Crippen molar-refractivity contribution >= 4 is 28.3 Å². The molecule has 0 aliphatic carbocycles. The second-order valence-electron chi connectivity index (χ2n) is 6.14. The van der Waals surface area contributed by atoms with Gasteiger partial charge in [-0.25, -0.2) is 0 Å². The molecule has 2 N–H and O–H groups in total. The predicted molar refractivity (Wildman–Crippen MR) is 109 cm³/mol. The summed E-state index contributed by atoms with van der Waals surface area (Å²) in [4.78, 5) is 24.7. The summed E-state index contributed by atoms with van der Waals surface area (Å²) in [5.41, 5.74) is 2.26. The Bertz CT molecular complexity index is 985. The highest BCUT2D eigenvalue weighted by atomic mass is 32.1. The van der Waals surface area contributed by atoms with Crippen LogP contribution >= 0.6 is 11.3 Å². The van der Waals surface area contributed by atoms with Crippen molar-refractivity contribution in [2.75, 3.05) is 12.4 Å². The first-order valence-electron chi connectivity index (χ1n) is 8.63. The van der Waals surface area contributed by atoms with E-state index in [1.807, 2.05) is 43.3 Å². The zero-order valence-electron chi connectivity index (χ0n) is 15.7. The number of aromatic nitrogens is 2. The molecule has 0 unspecified atom stereocenters. The maximum Gasteiger partial charge on any atom is 0.252 e. The molecular weight excluding hydrogens is 376 g/mol. The van der Waals surface area contributed by atoms with Gasteiger partial charge in [0.1, 0.15) is 16.8 Å². The van der Waals surface area contributed by atoms with Gasteiger partial charge in [-0.3, -0.25) is 14.9 Å². The number of carbonyl (C=O) groups excluding carboxylic acids is 2. The fourth-order valence-corrected chi connectivity index (χ4v) is 3.26. The van der Waals surface area contributed by atoms with Gasteiger partial charge < -0.3 is 10.1 Å². The van der Waals surface area contributed by atoms with Crippen LogP contribution in [-0.4, -0.2) is 35.2 Å². The second-order valence-corrected chi connectivity index (χ2v) is 7.12. The lowest BCUT2D eigenvalue weighted by Crippen LogP contribution is -2.41. The van der Waals surface area contributed by atoms with Crippen molar-refractivity contribution in [1.82, 2.24) is 15.5 Å². The quantitative estimate of drug-likeness (QED) is 0.667. The number of amides is 2. The normalized spacial score (nSPS) is 11.5. The third-order valence-corrected chi connectivity index (χ3v) is 5.01. The molecule has 28 heavy (non-hydrogen) atoms. The van der Waals surface area contributed by atoms with Gasteiger partial charge in [-0.1, -0.05) is 29.5 Å². The number of hydrogen-bond donors (Lipinski definition) is 2. The Labute approximate surface area is 166 Å². The lowest BCUT2D eigenvalue weighted by Gasteiger charge is -2.13. The van der Waals surface area contributed by atoms with Gasteiger partial charge in [0.05, 0.1) is 7.11 Å². The van der Waals surface area contributed by atoms with E-state index in [2.05, 4.69) is 20.8 Å². The molecule has 144 valence electrons. The van der Waals surface area contributed by atoms with Crippen LogP contribution in [0.5, 0.6) is 5.75 Å². The van der Waals surface area contributed by atoms with Gasteiger partial charge in [0.15, 0.2) is 0 Å². The van der Waals surface area contributed by atoms with E-state index in [0.717, 1.165) is 16.9 Å². The van der Waals surface area contributed by atoms with Gasteiger partial charge in [-0.15, -0.1) is 10.2 Å². The Morgan fingerprint density at radius 2 is 1.79 bits per heavy atom. The van der Waals surface area contributed by atoms with Gasteiger partial charge in [-0.2, -0.15) is 0 Å². The van der Waals surface area contributed by atoms with Crippen molar-refractivity contribution in [1.29, 1.82) is 0 Å². The molecule has 0 fully saturated rings. The van der Waals surface area contributed by atoms with E-state index in [0.29, 0.717) is 15.7 Å². The summed E-state index contributed by atoms with van der Waals surface area (Å²) in [7, 11) is 1.60. The van der Waals surface area contributed by atoms with Crippen molar-refractivity contribution in [2.24, 2.45) is 0 Å². The lowest BCUT2D eigenvalue weighted by molar-refractivity contribution is -0.117. The van der Waals surface area contributed by atoms with Gasteiger partial charge in [0.2, 0.25) is 11.0 Å². The number of benzene rings is 2. The van der Waals surface area contributed by atoms with Crippen LogP contribution in [-0.2, 0) is 4.79 Å². The molecule has 2 aromatic carbocycles. The second kappa shape index (κ2) is 8.62. The highest BCUT2D eigenvalue weighted by molar-refractivity contribution is 7.18. The zero-order chi connectivity index (χ0) is 20.1. The van der Waals surface area contributed by atoms with Crippen molar-refractivity contribution < 1.29 is 14.3 Å². The van der Waals surface area contributed by atoms with Crippen LogP contribution in [0.15, 0.2) is 48.5 Å². The van der Waals surface area contributed by atoms with Gasteiger partial charge in [0, 0.05) is 11.1 Å². The minimum Gasteiger partial charge on any atom is -0.497 e. The summed E-state index contributed by atoms with van der Waals surface area (Å²) < 4.78 is 5.14. The number of ether oxygens (including phenoxy) is 1. The summed E-state index contributed by atoms with van der Waals surface area (Å²) in [6.45, 7) is 3.47. The summed E-state index contributed by atoms with van der Waals surface area (Å²) in [6.07, 6.45) is 0. The van der Waals surface area contributed by atoms with Gasteiger partial charge >= 0.3 is 0 Å². The van der Waals surface area contributed by atoms with Crippen LogP contribution in [0.1, 0.15) is 22.8 Å². The largest absolute Gasteiger partial charge is 0.497 e. The average molecular weight is 396 g/mol. The Balaban J connectivity index is 1.62. The number of methoxy groups -OCH3 is 1. The van der Waals surface area contributed by atoms with Crippen LogP contribution in [0, 0.1) is 6.92 Å². The van der Waals surface area contributed by atoms with Crippen LogP contribution in [0.3, 0.4) is 0 Å². The molecular formula is C20H20N4O3S. The van der Waals surface area contributed by atoms with Gasteiger partial charge in [-0.05, 0) is 49.7 Å². The summed E-state index contributed by atoms with van der Waals surface area (Å²) in [5, 5.41) is 14.5.